The Balaban J connectivity index is 1.56. The van der Waals surface area contributed by atoms with Crippen molar-refractivity contribution in [2.75, 3.05) is 11.9 Å². The SMILES string of the molecule is CCOc1cc(/C=C(\C#N)C(=O)Nc2ccc3ccccc3c2)c(Br)cc1OCc1ccc(Br)cc1. The largest absolute Gasteiger partial charge is 0.490 e. The van der Waals surface area contributed by atoms with E-state index < -0.39 is 5.91 Å². The minimum atomic E-state index is -0.492. The maximum Gasteiger partial charge on any atom is 0.266 e. The summed E-state index contributed by atoms with van der Waals surface area (Å²) in [7, 11) is 0. The zero-order chi connectivity index (χ0) is 25.5. The van der Waals surface area contributed by atoms with Crippen molar-refractivity contribution < 1.29 is 14.3 Å². The van der Waals surface area contributed by atoms with Crippen LogP contribution >= 0.6 is 31.9 Å². The molecule has 0 aromatic heterocycles. The van der Waals surface area contributed by atoms with Crippen LogP contribution in [0.25, 0.3) is 16.8 Å². The molecule has 0 heterocycles. The molecule has 0 bridgehead atoms. The number of hydrogen-bond acceptors (Lipinski definition) is 4. The topological polar surface area (TPSA) is 71.3 Å². The van der Waals surface area contributed by atoms with Crippen LogP contribution in [0.15, 0.2) is 93.4 Å². The highest BCUT2D eigenvalue weighted by Crippen LogP contribution is 2.35. The monoisotopic (exact) mass is 604 g/mol. The Labute approximate surface area is 226 Å². The minimum Gasteiger partial charge on any atom is -0.490 e. The molecule has 0 spiro atoms. The Morgan fingerprint density at radius 3 is 2.39 bits per heavy atom. The van der Waals surface area contributed by atoms with E-state index >= 15 is 0 Å². The predicted molar refractivity (Wildman–Crippen MR) is 150 cm³/mol. The van der Waals surface area contributed by atoms with E-state index in [1.807, 2.05) is 79.7 Å². The first kappa shape index (κ1) is 25.5. The molecule has 0 aliphatic rings. The fraction of sp³-hybridized carbons (Fsp3) is 0.103. The lowest BCUT2D eigenvalue weighted by molar-refractivity contribution is -0.112. The van der Waals surface area contributed by atoms with Crippen LogP contribution in [0.5, 0.6) is 11.5 Å². The highest BCUT2D eigenvalue weighted by Gasteiger charge is 2.15. The number of benzene rings is 4. The number of ether oxygens (including phenoxy) is 2. The second kappa shape index (κ2) is 11.9. The van der Waals surface area contributed by atoms with Crippen LogP contribution in [0.2, 0.25) is 0 Å². The van der Waals surface area contributed by atoms with Gasteiger partial charge in [0, 0.05) is 14.6 Å². The Hall–Kier alpha value is -3.60. The molecule has 5 nitrogen and oxygen atoms in total. The van der Waals surface area contributed by atoms with Crippen LogP contribution in [0.3, 0.4) is 0 Å². The summed E-state index contributed by atoms with van der Waals surface area (Å²) in [6.45, 7) is 2.69. The molecule has 4 aromatic rings. The number of nitriles is 1. The molecule has 0 atom stereocenters. The van der Waals surface area contributed by atoms with Gasteiger partial charge < -0.3 is 14.8 Å². The molecule has 0 fully saturated rings. The van der Waals surface area contributed by atoms with Crippen molar-refractivity contribution in [3.05, 3.63) is 105 Å². The average Bonchev–Trinajstić information content (AvgIpc) is 2.88. The van der Waals surface area contributed by atoms with Crippen molar-refractivity contribution in [3.63, 3.8) is 0 Å². The first-order valence-corrected chi connectivity index (χ1v) is 12.8. The maximum absolute atomic E-state index is 12.9. The number of rotatable bonds is 8. The maximum atomic E-state index is 12.9. The van der Waals surface area contributed by atoms with Gasteiger partial charge in [0.25, 0.3) is 5.91 Å². The lowest BCUT2D eigenvalue weighted by atomic mass is 10.1. The summed E-state index contributed by atoms with van der Waals surface area (Å²) in [5, 5.41) is 14.6. The van der Waals surface area contributed by atoms with Gasteiger partial charge in [-0.1, -0.05) is 74.3 Å². The van der Waals surface area contributed by atoms with Gasteiger partial charge in [-0.05, 0) is 71.3 Å². The van der Waals surface area contributed by atoms with Gasteiger partial charge in [-0.25, -0.2) is 0 Å². The smallest absolute Gasteiger partial charge is 0.266 e. The number of anilines is 1. The fourth-order valence-electron chi connectivity index (χ4n) is 3.55. The molecule has 180 valence electrons. The molecule has 1 amide bonds. The number of fused-ring (bicyclic) bond motifs is 1. The Kier molecular flexibility index (Phi) is 8.42. The Bertz CT molecular complexity index is 1470. The predicted octanol–water partition coefficient (Wildman–Crippen LogP) is 7.89. The molecule has 0 saturated carbocycles. The van der Waals surface area contributed by atoms with Crippen LogP contribution in [0, 0.1) is 11.3 Å². The summed E-state index contributed by atoms with van der Waals surface area (Å²) in [5.41, 5.74) is 2.22. The lowest BCUT2D eigenvalue weighted by Gasteiger charge is -2.14. The number of nitrogens with one attached hydrogen (secondary N) is 1. The Morgan fingerprint density at radius 2 is 1.67 bits per heavy atom. The third-order valence-electron chi connectivity index (χ3n) is 5.34. The number of amides is 1. The van der Waals surface area contributed by atoms with Crippen LogP contribution in [-0.4, -0.2) is 12.5 Å². The third-order valence-corrected chi connectivity index (χ3v) is 6.56. The standard InChI is InChI=1S/C29H22Br2N2O3/c1-2-35-27-15-22(26(31)16-28(27)36-18-19-7-10-24(30)11-8-19)13-23(17-32)29(34)33-25-12-9-20-5-3-4-6-21(20)14-25/h3-16H,2,18H2,1H3,(H,33,34)/b23-13+. The zero-order valence-corrected chi connectivity index (χ0v) is 22.6. The van der Waals surface area contributed by atoms with Crippen LogP contribution in [-0.2, 0) is 11.4 Å². The van der Waals surface area contributed by atoms with Gasteiger partial charge in [0.15, 0.2) is 11.5 Å². The van der Waals surface area contributed by atoms with Crippen LogP contribution in [0.1, 0.15) is 18.1 Å². The van der Waals surface area contributed by atoms with Crippen molar-refractivity contribution in [3.8, 4) is 17.6 Å². The molecule has 0 unspecified atom stereocenters. The number of halogens is 2. The summed E-state index contributed by atoms with van der Waals surface area (Å²) in [6.07, 6.45) is 1.53. The quantitative estimate of drug-likeness (QED) is 0.164. The molecular weight excluding hydrogens is 584 g/mol. The number of carbonyl (C=O) groups is 1. The van der Waals surface area contributed by atoms with Gasteiger partial charge in [0.05, 0.1) is 6.61 Å². The summed E-state index contributed by atoms with van der Waals surface area (Å²) in [5.74, 6) is 0.590. The highest BCUT2D eigenvalue weighted by atomic mass is 79.9. The lowest BCUT2D eigenvalue weighted by Crippen LogP contribution is -2.13. The second-order valence-electron chi connectivity index (χ2n) is 7.85. The molecule has 0 aliphatic carbocycles. The average molecular weight is 606 g/mol. The number of carbonyl (C=O) groups excluding carboxylic acids is 1. The molecular formula is C29H22Br2N2O3. The fourth-order valence-corrected chi connectivity index (χ4v) is 4.26. The summed E-state index contributed by atoms with van der Waals surface area (Å²) in [4.78, 5) is 12.9. The van der Waals surface area contributed by atoms with Crippen LogP contribution in [0.4, 0.5) is 5.69 Å². The number of nitrogens with zero attached hydrogens (tertiary/aromatic N) is 1. The normalized spacial score (nSPS) is 11.1. The van der Waals surface area contributed by atoms with Gasteiger partial charge in [0.1, 0.15) is 18.2 Å². The van der Waals surface area contributed by atoms with Gasteiger partial charge in [0.2, 0.25) is 0 Å². The van der Waals surface area contributed by atoms with Crippen LogP contribution < -0.4 is 14.8 Å². The molecule has 7 heteroatoms. The summed E-state index contributed by atoms with van der Waals surface area (Å²) < 4.78 is 13.5. The van der Waals surface area contributed by atoms with Crippen molar-refractivity contribution in [1.82, 2.24) is 0 Å². The summed E-state index contributed by atoms with van der Waals surface area (Å²) >= 11 is 6.97. The first-order valence-electron chi connectivity index (χ1n) is 11.2. The molecule has 4 rings (SSSR count). The first-order chi connectivity index (χ1) is 17.5. The zero-order valence-electron chi connectivity index (χ0n) is 19.4. The molecule has 0 radical (unpaired) electrons. The van der Waals surface area contributed by atoms with Gasteiger partial charge in [-0.15, -0.1) is 0 Å². The van der Waals surface area contributed by atoms with Crippen molar-refractivity contribution in [1.29, 1.82) is 5.26 Å². The minimum absolute atomic E-state index is 0.0326. The van der Waals surface area contributed by atoms with E-state index in [0.29, 0.717) is 40.4 Å². The van der Waals surface area contributed by atoms with Gasteiger partial charge >= 0.3 is 0 Å². The molecule has 1 N–H and O–H groups in total. The molecule has 0 aliphatic heterocycles. The van der Waals surface area contributed by atoms with E-state index in [0.717, 1.165) is 20.8 Å². The summed E-state index contributed by atoms with van der Waals surface area (Å²) in [6, 6.07) is 26.9. The van der Waals surface area contributed by atoms with Crippen molar-refractivity contribution in [2.24, 2.45) is 0 Å². The third kappa shape index (κ3) is 6.34. The molecule has 4 aromatic carbocycles. The van der Waals surface area contributed by atoms with E-state index in [9.17, 15) is 10.1 Å². The van der Waals surface area contributed by atoms with E-state index in [1.165, 1.54) is 6.08 Å². The van der Waals surface area contributed by atoms with E-state index in [2.05, 4.69) is 37.2 Å². The molecule has 0 saturated heterocycles. The Morgan fingerprint density at radius 1 is 0.944 bits per heavy atom. The number of hydrogen-bond donors (Lipinski definition) is 1. The highest BCUT2D eigenvalue weighted by molar-refractivity contribution is 9.10. The second-order valence-corrected chi connectivity index (χ2v) is 9.62. The van der Waals surface area contributed by atoms with E-state index in [1.54, 1.807) is 12.1 Å². The molecule has 36 heavy (non-hydrogen) atoms. The van der Waals surface area contributed by atoms with E-state index in [-0.39, 0.29) is 5.57 Å². The van der Waals surface area contributed by atoms with Gasteiger partial charge in [-0.2, -0.15) is 5.26 Å². The van der Waals surface area contributed by atoms with Crippen molar-refractivity contribution >= 4 is 60.3 Å². The van der Waals surface area contributed by atoms with Crippen molar-refractivity contribution in [2.45, 2.75) is 13.5 Å². The van der Waals surface area contributed by atoms with Gasteiger partial charge in [-0.3, -0.25) is 4.79 Å². The van der Waals surface area contributed by atoms with E-state index in [4.69, 9.17) is 9.47 Å².